The molecule has 1 aromatic carbocycles. The fourth-order valence-electron chi connectivity index (χ4n) is 5.53. The summed E-state index contributed by atoms with van der Waals surface area (Å²) in [4.78, 5) is 0. The number of hydrogen-bond donors (Lipinski definition) is 2. The van der Waals surface area contributed by atoms with Crippen molar-refractivity contribution in [3.05, 3.63) is 41.5 Å². The summed E-state index contributed by atoms with van der Waals surface area (Å²) < 4.78 is 6.36. The van der Waals surface area contributed by atoms with E-state index in [1.165, 1.54) is 11.1 Å². The Bertz CT molecular complexity index is 751. The van der Waals surface area contributed by atoms with Gasteiger partial charge in [0.25, 0.3) is 9.04 Å². The lowest BCUT2D eigenvalue weighted by Gasteiger charge is -2.49. The van der Waals surface area contributed by atoms with E-state index in [4.69, 9.17) is 4.43 Å². The Hall–Kier alpha value is -1.10. The van der Waals surface area contributed by atoms with Crippen LogP contribution in [0.15, 0.2) is 30.4 Å². The minimum atomic E-state index is -0.866. The fraction of sp³-hybridized carbons (Fsp3) is 0.680. The monoisotopic (exact) mass is 415 g/mol. The molecule has 0 spiro atoms. The molecule has 2 saturated carbocycles. The molecule has 3 nitrogen and oxygen atoms in total. The molecule has 2 aliphatic carbocycles. The zero-order valence-electron chi connectivity index (χ0n) is 19.1. The second kappa shape index (κ2) is 8.20. The molecule has 0 heterocycles. The summed E-state index contributed by atoms with van der Waals surface area (Å²) in [7, 11) is -0.866. The first-order valence-corrected chi connectivity index (χ1v) is 13.5. The Balaban J connectivity index is 1.90. The predicted molar refractivity (Wildman–Crippen MR) is 122 cm³/mol. The van der Waals surface area contributed by atoms with Gasteiger partial charge in [0.1, 0.15) is 5.75 Å². The lowest BCUT2D eigenvalue weighted by Crippen LogP contribution is -2.49. The van der Waals surface area contributed by atoms with E-state index in [0.717, 1.165) is 37.9 Å². The number of hydrogen-bond acceptors (Lipinski definition) is 3. The second-order valence-corrected chi connectivity index (χ2v) is 12.7. The molecule has 161 valence electrons. The van der Waals surface area contributed by atoms with Gasteiger partial charge >= 0.3 is 0 Å². The van der Waals surface area contributed by atoms with Crippen LogP contribution in [0.5, 0.6) is 5.75 Å². The molecule has 2 aliphatic rings. The molecule has 0 bridgehead atoms. The van der Waals surface area contributed by atoms with Gasteiger partial charge in [0, 0.05) is 5.41 Å². The van der Waals surface area contributed by atoms with E-state index >= 15 is 0 Å². The highest BCUT2D eigenvalue weighted by molar-refractivity contribution is 6.49. The van der Waals surface area contributed by atoms with Crippen molar-refractivity contribution in [2.45, 2.75) is 89.8 Å². The van der Waals surface area contributed by atoms with Crippen molar-refractivity contribution in [1.29, 1.82) is 0 Å². The van der Waals surface area contributed by atoms with E-state index in [2.05, 4.69) is 65.1 Å². The summed E-state index contributed by atoms with van der Waals surface area (Å²) in [6.07, 6.45) is 8.69. The van der Waals surface area contributed by atoms with Gasteiger partial charge in [-0.3, -0.25) is 0 Å². The Morgan fingerprint density at radius 1 is 1.21 bits per heavy atom. The van der Waals surface area contributed by atoms with Crippen molar-refractivity contribution in [3.63, 3.8) is 0 Å². The van der Waals surface area contributed by atoms with E-state index in [9.17, 15) is 10.2 Å². The third-order valence-corrected chi connectivity index (χ3v) is 8.08. The van der Waals surface area contributed by atoms with Crippen LogP contribution in [0.25, 0.3) is 0 Å². The normalized spacial score (nSPS) is 32.7. The minimum Gasteiger partial charge on any atom is -0.542 e. The minimum absolute atomic E-state index is 0.0759. The van der Waals surface area contributed by atoms with Crippen molar-refractivity contribution in [3.8, 4) is 5.75 Å². The topological polar surface area (TPSA) is 49.7 Å². The number of fused-ring (bicyclic) bond motifs is 1. The highest BCUT2D eigenvalue weighted by Crippen LogP contribution is 2.61. The molecule has 4 heteroatoms. The molecule has 0 amide bonds. The van der Waals surface area contributed by atoms with Crippen molar-refractivity contribution in [2.75, 3.05) is 6.61 Å². The zero-order chi connectivity index (χ0) is 21.4. The van der Waals surface area contributed by atoms with Gasteiger partial charge < -0.3 is 14.6 Å². The highest BCUT2D eigenvalue weighted by atomic mass is 28.3. The lowest BCUT2D eigenvalue weighted by molar-refractivity contribution is -0.0985. The molecule has 0 aromatic heterocycles. The molecular weight excluding hydrogens is 376 g/mol. The van der Waals surface area contributed by atoms with Gasteiger partial charge in [0.15, 0.2) is 0 Å². The van der Waals surface area contributed by atoms with E-state index in [1.54, 1.807) is 0 Å². The summed E-state index contributed by atoms with van der Waals surface area (Å²) in [6, 6.07) is 6.75. The van der Waals surface area contributed by atoms with Gasteiger partial charge in [-0.25, -0.2) is 0 Å². The van der Waals surface area contributed by atoms with Crippen molar-refractivity contribution in [1.82, 2.24) is 0 Å². The largest absolute Gasteiger partial charge is 0.542 e. The molecule has 4 atom stereocenters. The highest BCUT2D eigenvalue weighted by Gasteiger charge is 2.58. The quantitative estimate of drug-likeness (QED) is 0.488. The van der Waals surface area contributed by atoms with Crippen LogP contribution >= 0.6 is 0 Å². The molecule has 0 saturated heterocycles. The number of aliphatic hydroxyl groups is 2. The first-order valence-electron chi connectivity index (χ1n) is 11.1. The summed E-state index contributed by atoms with van der Waals surface area (Å²) in [5.74, 6) is 1.71. The first-order chi connectivity index (χ1) is 13.5. The van der Waals surface area contributed by atoms with Crippen LogP contribution in [0, 0.1) is 11.3 Å². The standard InChI is InChI=1S/C25H39O3Si/c1-23(2,3)20-9-10-21(22(16-20)28-29(5)6)18-11-13-24(4)19(8-7-15-26)12-14-25(24,27)17-18/h7-10,16,18-19,26-27H,11-15,17H2,1-6H3/t18-,19-,24+,25-/m0/s1. The molecule has 0 unspecified atom stereocenters. The second-order valence-electron chi connectivity index (χ2n) is 10.7. The maximum Gasteiger partial charge on any atom is 0.274 e. The smallest absolute Gasteiger partial charge is 0.274 e. The third kappa shape index (κ3) is 4.35. The summed E-state index contributed by atoms with van der Waals surface area (Å²) in [5.41, 5.74) is 1.91. The van der Waals surface area contributed by atoms with Crippen LogP contribution in [0.1, 0.15) is 76.8 Å². The van der Waals surface area contributed by atoms with Gasteiger partial charge in [0.05, 0.1) is 12.2 Å². The lowest BCUT2D eigenvalue weighted by atomic mass is 9.59. The molecular formula is C25H39O3Si. The van der Waals surface area contributed by atoms with E-state index in [1.807, 2.05) is 6.08 Å². The van der Waals surface area contributed by atoms with Gasteiger partial charge in [-0.2, -0.15) is 0 Å². The van der Waals surface area contributed by atoms with Crippen LogP contribution in [-0.2, 0) is 5.41 Å². The Labute approximate surface area is 178 Å². The maximum absolute atomic E-state index is 11.7. The molecule has 2 N–H and O–H groups in total. The van der Waals surface area contributed by atoms with Crippen LogP contribution in [-0.4, -0.2) is 31.5 Å². The summed E-state index contributed by atoms with van der Waals surface area (Å²) in [5, 5.41) is 20.9. The Morgan fingerprint density at radius 2 is 1.93 bits per heavy atom. The van der Waals surface area contributed by atoms with Crippen LogP contribution < -0.4 is 4.43 Å². The predicted octanol–water partition coefficient (Wildman–Crippen LogP) is 5.58. The van der Waals surface area contributed by atoms with Gasteiger partial charge in [-0.15, -0.1) is 0 Å². The molecule has 0 aliphatic heterocycles. The molecule has 3 rings (SSSR count). The van der Waals surface area contributed by atoms with Crippen molar-refractivity contribution >= 4 is 9.04 Å². The average molecular weight is 416 g/mol. The number of benzene rings is 1. The molecule has 2 fully saturated rings. The third-order valence-electron chi connectivity index (χ3n) is 7.45. The fourth-order valence-corrected chi connectivity index (χ4v) is 6.14. The van der Waals surface area contributed by atoms with Gasteiger partial charge in [-0.05, 0) is 79.6 Å². The van der Waals surface area contributed by atoms with Crippen LogP contribution in [0.2, 0.25) is 13.1 Å². The SMILES string of the molecule is C[Si](C)Oc1cc(C(C)(C)C)ccc1[C@H]1CC[C@]2(C)[C@@H](C=CCO)CC[C@]2(O)C1. The van der Waals surface area contributed by atoms with Crippen molar-refractivity contribution < 1.29 is 14.6 Å². The molecule has 29 heavy (non-hydrogen) atoms. The molecule has 1 aromatic rings. The summed E-state index contributed by atoms with van der Waals surface area (Å²) in [6.45, 7) is 13.4. The maximum atomic E-state index is 11.7. The van der Waals surface area contributed by atoms with Crippen molar-refractivity contribution in [2.24, 2.45) is 11.3 Å². The van der Waals surface area contributed by atoms with Gasteiger partial charge in [0.2, 0.25) is 0 Å². The Morgan fingerprint density at radius 3 is 2.55 bits per heavy atom. The van der Waals surface area contributed by atoms with Crippen LogP contribution in [0.4, 0.5) is 0 Å². The van der Waals surface area contributed by atoms with E-state index in [0.29, 0.717) is 11.8 Å². The zero-order valence-corrected chi connectivity index (χ0v) is 20.1. The summed E-state index contributed by atoms with van der Waals surface area (Å²) >= 11 is 0. The van der Waals surface area contributed by atoms with Gasteiger partial charge in [-0.1, -0.05) is 52.0 Å². The molecule has 1 radical (unpaired) electrons. The first kappa shape index (κ1) is 22.6. The Kier molecular flexibility index (Phi) is 6.39. The van der Waals surface area contributed by atoms with Crippen LogP contribution in [0.3, 0.4) is 0 Å². The average Bonchev–Trinajstić information content (AvgIpc) is 2.89. The number of rotatable bonds is 5. The number of allylic oxidation sites excluding steroid dienone is 1. The van der Waals surface area contributed by atoms with E-state index in [-0.39, 0.29) is 17.4 Å². The number of aliphatic hydroxyl groups excluding tert-OH is 1. The van der Waals surface area contributed by atoms with E-state index < -0.39 is 14.6 Å².